The lowest BCUT2D eigenvalue weighted by molar-refractivity contribution is 0.225. The van der Waals surface area contributed by atoms with Crippen molar-refractivity contribution in [3.63, 3.8) is 0 Å². The van der Waals surface area contributed by atoms with Crippen LogP contribution in [0.4, 0.5) is 0 Å². The highest BCUT2D eigenvalue weighted by molar-refractivity contribution is 7.80. The van der Waals surface area contributed by atoms with E-state index in [-0.39, 0.29) is 0 Å². The summed E-state index contributed by atoms with van der Waals surface area (Å²) in [4.78, 5) is 7.58. The van der Waals surface area contributed by atoms with Gasteiger partial charge in [0.25, 0.3) is 0 Å². The van der Waals surface area contributed by atoms with Crippen LogP contribution in [0, 0.1) is 0 Å². The van der Waals surface area contributed by atoms with E-state index in [4.69, 9.17) is 12.2 Å². The second kappa shape index (κ2) is 6.67. The van der Waals surface area contributed by atoms with Crippen molar-refractivity contribution in [3.8, 4) is 0 Å². The first-order valence-electron chi connectivity index (χ1n) is 6.23. The summed E-state index contributed by atoms with van der Waals surface area (Å²) in [6.07, 6.45) is 6.55. The lowest BCUT2D eigenvalue weighted by atomic mass is 10.1. The fraction of sp³-hybridized carbons (Fsp3) is 0.538. The molecule has 1 N–H and O–H groups in total. The largest absolute Gasteiger partial charge is 0.367 e. The summed E-state index contributed by atoms with van der Waals surface area (Å²) in [6, 6.07) is 5.93. The molecule has 0 saturated carbocycles. The standard InChI is InChI=1S/C13H19N3S/c17-13(10-12-6-2-3-7-14-12)15-11-16-8-4-1-5-9-16/h2-3,6-7H,1,4-5,8-11H2,(H,15,17). The highest BCUT2D eigenvalue weighted by atomic mass is 32.1. The van der Waals surface area contributed by atoms with Crippen molar-refractivity contribution in [2.45, 2.75) is 25.7 Å². The van der Waals surface area contributed by atoms with Crippen LogP contribution in [0.1, 0.15) is 25.0 Å². The molecule has 3 nitrogen and oxygen atoms in total. The Morgan fingerprint density at radius 2 is 2.12 bits per heavy atom. The van der Waals surface area contributed by atoms with Gasteiger partial charge in [-0.15, -0.1) is 0 Å². The van der Waals surface area contributed by atoms with Crippen molar-refractivity contribution in [2.75, 3.05) is 19.8 Å². The molecule has 1 fully saturated rings. The quantitative estimate of drug-likeness (QED) is 0.826. The van der Waals surface area contributed by atoms with Crippen molar-refractivity contribution < 1.29 is 0 Å². The van der Waals surface area contributed by atoms with E-state index in [1.54, 1.807) is 0 Å². The number of piperidine rings is 1. The van der Waals surface area contributed by atoms with Crippen molar-refractivity contribution in [1.29, 1.82) is 0 Å². The Morgan fingerprint density at radius 1 is 1.29 bits per heavy atom. The van der Waals surface area contributed by atoms with Crippen LogP contribution >= 0.6 is 12.2 Å². The second-order valence-corrected chi connectivity index (χ2v) is 4.93. The van der Waals surface area contributed by atoms with Crippen LogP contribution in [0.25, 0.3) is 0 Å². The second-order valence-electron chi connectivity index (χ2n) is 4.43. The smallest absolute Gasteiger partial charge is 0.0823 e. The van der Waals surface area contributed by atoms with Crippen LogP contribution in [0.3, 0.4) is 0 Å². The van der Waals surface area contributed by atoms with Gasteiger partial charge in [-0.25, -0.2) is 0 Å². The van der Waals surface area contributed by atoms with E-state index in [0.29, 0.717) is 0 Å². The molecule has 1 aromatic rings. The molecule has 0 unspecified atom stereocenters. The summed E-state index contributed by atoms with van der Waals surface area (Å²) in [5.41, 5.74) is 1.03. The molecule has 0 spiro atoms. The van der Waals surface area contributed by atoms with Gasteiger partial charge in [-0.2, -0.15) is 0 Å². The first kappa shape index (κ1) is 12.5. The van der Waals surface area contributed by atoms with Crippen molar-refractivity contribution in [1.82, 2.24) is 15.2 Å². The van der Waals surface area contributed by atoms with Crippen LogP contribution in [0.5, 0.6) is 0 Å². The number of hydrogen-bond donors (Lipinski definition) is 1. The average molecular weight is 249 g/mol. The Kier molecular flexibility index (Phi) is 4.88. The molecular weight excluding hydrogens is 230 g/mol. The van der Waals surface area contributed by atoms with Crippen LogP contribution in [0.15, 0.2) is 24.4 Å². The molecule has 1 saturated heterocycles. The molecule has 0 amide bonds. The number of nitrogens with zero attached hydrogens (tertiary/aromatic N) is 2. The van der Waals surface area contributed by atoms with E-state index in [1.165, 1.54) is 32.4 Å². The van der Waals surface area contributed by atoms with Gasteiger partial charge in [0.1, 0.15) is 0 Å². The monoisotopic (exact) mass is 249 g/mol. The minimum absolute atomic E-state index is 0.740. The topological polar surface area (TPSA) is 28.2 Å². The summed E-state index contributed by atoms with van der Waals surface area (Å²) in [5.74, 6) is 0. The van der Waals surface area contributed by atoms with Gasteiger partial charge >= 0.3 is 0 Å². The molecule has 4 heteroatoms. The SMILES string of the molecule is S=C(Cc1ccccn1)NCN1CCCCC1. The van der Waals surface area contributed by atoms with Crippen LogP contribution in [-0.4, -0.2) is 34.6 Å². The molecule has 1 aliphatic heterocycles. The molecule has 0 aromatic carbocycles. The summed E-state index contributed by atoms with van der Waals surface area (Å²) >= 11 is 5.33. The molecule has 2 heterocycles. The van der Waals surface area contributed by atoms with E-state index >= 15 is 0 Å². The maximum atomic E-state index is 5.33. The summed E-state index contributed by atoms with van der Waals surface area (Å²) < 4.78 is 0. The van der Waals surface area contributed by atoms with Gasteiger partial charge in [0.15, 0.2) is 0 Å². The zero-order valence-electron chi connectivity index (χ0n) is 10.1. The van der Waals surface area contributed by atoms with E-state index in [1.807, 2.05) is 24.4 Å². The van der Waals surface area contributed by atoms with Gasteiger partial charge in [0, 0.05) is 18.3 Å². The zero-order chi connectivity index (χ0) is 11.9. The highest BCUT2D eigenvalue weighted by Crippen LogP contribution is 2.07. The third-order valence-electron chi connectivity index (χ3n) is 3.02. The van der Waals surface area contributed by atoms with Crippen LogP contribution in [0.2, 0.25) is 0 Å². The molecule has 1 aromatic heterocycles. The minimum Gasteiger partial charge on any atom is -0.367 e. The molecule has 92 valence electrons. The Balaban J connectivity index is 1.70. The number of nitrogens with one attached hydrogen (secondary N) is 1. The van der Waals surface area contributed by atoms with Gasteiger partial charge in [-0.3, -0.25) is 9.88 Å². The van der Waals surface area contributed by atoms with Crippen LogP contribution < -0.4 is 5.32 Å². The summed E-state index contributed by atoms with van der Waals surface area (Å²) in [6.45, 7) is 3.27. The number of thiocarbonyl (C=S) groups is 1. The summed E-state index contributed by atoms with van der Waals surface area (Å²) in [7, 11) is 0. The minimum atomic E-state index is 0.740. The first-order valence-corrected chi connectivity index (χ1v) is 6.64. The van der Waals surface area contributed by atoms with Gasteiger partial charge in [-0.1, -0.05) is 24.7 Å². The number of pyridine rings is 1. The number of hydrogen-bond acceptors (Lipinski definition) is 3. The molecule has 0 atom stereocenters. The number of likely N-dealkylation sites (tertiary alicyclic amines) is 1. The van der Waals surface area contributed by atoms with Gasteiger partial charge in [-0.05, 0) is 38.1 Å². The maximum Gasteiger partial charge on any atom is 0.0823 e. The van der Waals surface area contributed by atoms with Gasteiger partial charge < -0.3 is 5.32 Å². The fourth-order valence-corrected chi connectivity index (χ4v) is 2.26. The third-order valence-corrected chi connectivity index (χ3v) is 3.31. The van der Waals surface area contributed by atoms with Crippen molar-refractivity contribution in [3.05, 3.63) is 30.1 Å². The Bertz CT molecular complexity index is 347. The first-order chi connectivity index (χ1) is 8.34. The molecule has 0 bridgehead atoms. The molecule has 0 radical (unpaired) electrons. The Labute approximate surface area is 108 Å². The molecular formula is C13H19N3S. The summed E-state index contributed by atoms with van der Waals surface area (Å²) in [5, 5.41) is 3.32. The van der Waals surface area contributed by atoms with E-state index in [0.717, 1.165) is 23.8 Å². The maximum absolute atomic E-state index is 5.33. The predicted molar refractivity (Wildman–Crippen MR) is 74.0 cm³/mol. The normalized spacial score (nSPS) is 16.7. The zero-order valence-corrected chi connectivity index (χ0v) is 10.9. The fourth-order valence-electron chi connectivity index (χ4n) is 2.05. The molecule has 0 aliphatic carbocycles. The van der Waals surface area contributed by atoms with Gasteiger partial charge in [0.05, 0.1) is 11.7 Å². The Hall–Kier alpha value is -1.00. The average Bonchev–Trinajstić information content (AvgIpc) is 2.39. The lowest BCUT2D eigenvalue weighted by Gasteiger charge is -2.26. The molecule has 2 rings (SSSR count). The van der Waals surface area contributed by atoms with E-state index in [9.17, 15) is 0 Å². The number of rotatable bonds is 4. The lowest BCUT2D eigenvalue weighted by Crippen LogP contribution is -2.40. The number of aromatic nitrogens is 1. The van der Waals surface area contributed by atoms with Crippen LogP contribution in [-0.2, 0) is 6.42 Å². The van der Waals surface area contributed by atoms with Crippen molar-refractivity contribution >= 4 is 17.2 Å². The molecule has 1 aliphatic rings. The predicted octanol–water partition coefficient (Wildman–Crippen LogP) is 1.98. The molecule has 17 heavy (non-hydrogen) atoms. The van der Waals surface area contributed by atoms with E-state index < -0.39 is 0 Å². The van der Waals surface area contributed by atoms with Gasteiger partial charge in [0.2, 0.25) is 0 Å². The third kappa shape index (κ3) is 4.40. The highest BCUT2D eigenvalue weighted by Gasteiger charge is 2.09. The van der Waals surface area contributed by atoms with Crippen molar-refractivity contribution in [2.24, 2.45) is 0 Å². The Morgan fingerprint density at radius 3 is 2.82 bits per heavy atom. The van der Waals surface area contributed by atoms with E-state index in [2.05, 4.69) is 15.2 Å².